The Morgan fingerprint density at radius 2 is 2.64 bits per heavy atom. The number of ether oxygens (including phenoxy) is 1. The molecule has 14 heavy (non-hydrogen) atoms. The first kappa shape index (κ1) is 10.2. The predicted molar refractivity (Wildman–Crippen MR) is 59.2 cm³/mol. The first-order chi connectivity index (χ1) is 6.84. The van der Waals surface area contributed by atoms with Gasteiger partial charge in [0.1, 0.15) is 5.15 Å². The maximum absolute atomic E-state index is 5.71. The quantitative estimate of drug-likeness (QED) is 0.867. The predicted octanol–water partition coefficient (Wildman–Crippen LogP) is 2.64. The van der Waals surface area contributed by atoms with Gasteiger partial charge in [0, 0.05) is 25.1 Å². The normalized spacial score (nSPS) is 21.4. The molecule has 1 atom stereocenters. The highest BCUT2D eigenvalue weighted by atomic mass is 35.5. The Kier molecular flexibility index (Phi) is 3.61. The molecule has 0 amide bonds. The van der Waals surface area contributed by atoms with Crippen molar-refractivity contribution in [2.24, 2.45) is 5.92 Å². The maximum Gasteiger partial charge on any atom is 0.184 e. The zero-order valence-electron chi connectivity index (χ0n) is 7.83. The van der Waals surface area contributed by atoms with E-state index in [1.165, 1.54) is 6.42 Å². The molecule has 1 N–H and O–H groups in total. The minimum atomic E-state index is 0.571. The molecule has 5 heteroatoms. The van der Waals surface area contributed by atoms with Gasteiger partial charge in [-0.1, -0.05) is 11.6 Å². The van der Waals surface area contributed by atoms with Gasteiger partial charge in [-0.05, 0) is 18.8 Å². The van der Waals surface area contributed by atoms with E-state index in [1.807, 2.05) is 5.38 Å². The molecular weight excluding hydrogens is 220 g/mol. The third-order valence-electron chi connectivity index (χ3n) is 2.33. The lowest BCUT2D eigenvalue weighted by Crippen LogP contribution is -2.08. The summed E-state index contributed by atoms with van der Waals surface area (Å²) in [6.07, 6.45) is 2.34. The number of halogens is 1. The summed E-state index contributed by atoms with van der Waals surface area (Å²) >= 11 is 7.25. The third-order valence-corrected chi connectivity index (χ3v) is 3.45. The zero-order chi connectivity index (χ0) is 9.80. The van der Waals surface area contributed by atoms with E-state index in [4.69, 9.17) is 16.3 Å². The van der Waals surface area contributed by atoms with Crippen molar-refractivity contribution in [3.05, 3.63) is 10.5 Å². The minimum Gasteiger partial charge on any atom is -0.381 e. The van der Waals surface area contributed by atoms with E-state index in [-0.39, 0.29) is 0 Å². The molecule has 2 heterocycles. The molecule has 78 valence electrons. The number of nitrogens with zero attached hydrogens (tertiary/aromatic N) is 1. The number of hydrogen-bond acceptors (Lipinski definition) is 4. The van der Waals surface area contributed by atoms with E-state index >= 15 is 0 Å². The van der Waals surface area contributed by atoms with Crippen LogP contribution in [-0.2, 0) is 4.74 Å². The lowest BCUT2D eigenvalue weighted by molar-refractivity contribution is 0.185. The van der Waals surface area contributed by atoms with Crippen LogP contribution in [0.4, 0.5) is 5.13 Å². The molecule has 1 aliphatic rings. The molecule has 0 saturated carbocycles. The largest absolute Gasteiger partial charge is 0.381 e. The maximum atomic E-state index is 5.71. The van der Waals surface area contributed by atoms with Crippen molar-refractivity contribution >= 4 is 28.1 Å². The first-order valence-electron chi connectivity index (χ1n) is 4.77. The second kappa shape index (κ2) is 4.96. The summed E-state index contributed by atoms with van der Waals surface area (Å²) in [5, 5.41) is 6.58. The summed E-state index contributed by atoms with van der Waals surface area (Å²) in [5.41, 5.74) is 0. The average Bonchev–Trinajstić information content (AvgIpc) is 2.77. The van der Waals surface area contributed by atoms with Gasteiger partial charge >= 0.3 is 0 Å². The summed E-state index contributed by atoms with van der Waals surface area (Å²) in [4.78, 5) is 4.12. The Morgan fingerprint density at radius 3 is 3.29 bits per heavy atom. The molecule has 0 radical (unpaired) electrons. The van der Waals surface area contributed by atoms with Crippen LogP contribution in [0.2, 0.25) is 5.15 Å². The molecule has 1 aromatic rings. The smallest absolute Gasteiger partial charge is 0.184 e. The van der Waals surface area contributed by atoms with Crippen LogP contribution in [0, 0.1) is 5.92 Å². The van der Waals surface area contributed by atoms with Crippen LogP contribution in [0.15, 0.2) is 5.38 Å². The Bertz CT molecular complexity index is 286. The van der Waals surface area contributed by atoms with Crippen LogP contribution in [0.1, 0.15) is 12.8 Å². The number of rotatable bonds is 4. The van der Waals surface area contributed by atoms with Crippen molar-refractivity contribution in [2.75, 3.05) is 25.1 Å². The van der Waals surface area contributed by atoms with Gasteiger partial charge in [0.25, 0.3) is 0 Å². The lowest BCUT2D eigenvalue weighted by atomic mass is 10.1. The number of thiazole rings is 1. The first-order valence-corrected chi connectivity index (χ1v) is 6.03. The molecule has 2 rings (SSSR count). The van der Waals surface area contributed by atoms with Crippen LogP contribution < -0.4 is 5.32 Å². The molecule has 0 bridgehead atoms. The Morgan fingerprint density at radius 1 is 1.71 bits per heavy atom. The summed E-state index contributed by atoms with van der Waals surface area (Å²) in [5.74, 6) is 0.720. The van der Waals surface area contributed by atoms with Crippen molar-refractivity contribution in [2.45, 2.75) is 12.8 Å². The van der Waals surface area contributed by atoms with E-state index in [1.54, 1.807) is 11.3 Å². The van der Waals surface area contributed by atoms with Gasteiger partial charge in [-0.3, -0.25) is 0 Å². The second-order valence-corrected chi connectivity index (χ2v) is 4.67. The molecule has 1 saturated heterocycles. The van der Waals surface area contributed by atoms with Gasteiger partial charge in [-0.25, -0.2) is 4.98 Å². The summed E-state index contributed by atoms with van der Waals surface area (Å²) in [6.45, 7) is 2.80. The monoisotopic (exact) mass is 232 g/mol. The molecule has 3 nitrogen and oxygen atoms in total. The second-order valence-electron chi connectivity index (χ2n) is 3.42. The van der Waals surface area contributed by atoms with Gasteiger partial charge in [0.2, 0.25) is 0 Å². The fourth-order valence-electron chi connectivity index (χ4n) is 1.53. The standard InChI is InChI=1S/C9H13ClN2OS/c10-8-6-14-9(12-8)11-3-1-7-2-4-13-5-7/h6-7H,1-5H2,(H,11,12). The van der Waals surface area contributed by atoms with Gasteiger partial charge in [0.15, 0.2) is 5.13 Å². The van der Waals surface area contributed by atoms with Crippen molar-refractivity contribution < 1.29 is 4.74 Å². The van der Waals surface area contributed by atoms with Gasteiger partial charge in [-0.2, -0.15) is 0 Å². The van der Waals surface area contributed by atoms with Crippen LogP contribution in [0.3, 0.4) is 0 Å². The molecule has 1 fully saturated rings. The number of anilines is 1. The molecule has 1 aliphatic heterocycles. The highest BCUT2D eigenvalue weighted by molar-refractivity contribution is 7.14. The molecule has 1 aromatic heterocycles. The Labute approximate surface area is 92.4 Å². The Balaban J connectivity index is 1.67. The number of hydrogen-bond donors (Lipinski definition) is 1. The average molecular weight is 233 g/mol. The molecular formula is C9H13ClN2OS. The topological polar surface area (TPSA) is 34.1 Å². The van der Waals surface area contributed by atoms with E-state index in [0.717, 1.165) is 37.2 Å². The van der Waals surface area contributed by atoms with Crippen molar-refractivity contribution in [3.63, 3.8) is 0 Å². The molecule has 0 aromatic carbocycles. The van der Waals surface area contributed by atoms with Gasteiger partial charge < -0.3 is 10.1 Å². The van der Waals surface area contributed by atoms with Crippen LogP contribution in [0.5, 0.6) is 0 Å². The van der Waals surface area contributed by atoms with Crippen molar-refractivity contribution in [1.29, 1.82) is 0 Å². The highest BCUT2D eigenvalue weighted by Crippen LogP contribution is 2.20. The highest BCUT2D eigenvalue weighted by Gasteiger charge is 2.14. The summed E-state index contributed by atoms with van der Waals surface area (Å²) in [6, 6.07) is 0. The van der Waals surface area contributed by atoms with Crippen LogP contribution in [-0.4, -0.2) is 24.7 Å². The fourth-order valence-corrected chi connectivity index (χ4v) is 2.40. The fraction of sp³-hybridized carbons (Fsp3) is 0.667. The SMILES string of the molecule is Clc1csc(NCCC2CCOC2)n1. The van der Waals surface area contributed by atoms with Crippen LogP contribution in [0.25, 0.3) is 0 Å². The van der Waals surface area contributed by atoms with Crippen molar-refractivity contribution in [3.8, 4) is 0 Å². The van der Waals surface area contributed by atoms with Crippen LogP contribution >= 0.6 is 22.9 Å². The zero-order valence-corrected chi connectivity index (χ0v) is 9.40. The lowest BCUT2D eigenvalue weighted by Gasteiger charge is -2.06. The molecule has 0 aliphatic carbocycles. The van der Waals surface area contributed by atoms with Gasteiger partial charge in [0.05, 0.1) is 0 Å². The number of nitrogens with one attached hydrogen (secondary N) is 1. The third kappa shape index (κ3) is 2.83. The number of aromatic nitrogens is 1. The summed E-state index contributed by atoms with van der Waals surface area (Å²) < 4.78 is 5.30. The molecule has 0 spiro atoms. The van der Waals surface area contributed by atoms with Crippen molar-refractivity contribution in [1.82, 2.24) is 4.98 Å². The van der Waals surface area contributed by atoms with Gasteiger partial charge in [-0.15, -0.1) is 11.3 Å². The molecule has 1 unspecified atom stereocenters. The van der Waals surface area contributed by atoms with E-state index in [0.29, 0.717) is 5.15 Å². The minimum absolute atomic E-state index is 0.571. The van der Waals surface area contributed by atoms with E-state index in [2.05, 4.69) is 10.3 Å². The Hall–Kier alpha value is -0.320. The summed E-state index contributed by atoms with van der Waals surface area (Å²) in [7, 11) is 0. The van der Waals surface area contributed by atoms with E-state index < -0.39 is 0 Å². The van der Waals surface area contributed by atoms with E-state index in [9.17, 15) is 0 Å².